The summed E-state index contributed by atoms with van der Waals surface area (Å²) in [6.07, 6.45) is 6.15. The van der Waals surface area contributed by atoms with Gasteiger partial charge in [0.2, 0.25) is 0 Å². The lowest BCUT2D eigenvalue weighted by Gasteiger charge is -2.22. The van der Waals surface area contributed by atoms with E-state index in [4.69, 9.17) is 11.6 Å². The number of halogens is 1. The summed E-state index contributed by atoms with van der Waals surface area (Å²) < 4.78 is 1.45. The molecule has 0 N–H and O–H groups in total. The van der Waals surface area contributed by atoms with Gasteiger partial charge in [-0.3, -0.25) is 0 Å². The average molecular weight is 327 g/mol. The number of rotatable bonds is 8. The third kappa shape index (κ3) is 6.51. The number of unbranched alkanes of at least 4 members (excludes halogenated alkanes) is 3. The van der Waals surface area contributed by atoms with E-state index in [9.17, 15) is 0 Å². The fraction of sp³-hybridized carbons (Fsp3) is 0.529. The van der Waals surface area contributed by atoms with Crippen LogP contribution in [0.15, 0.2) is 44.8 Å². The van der Waals surface area contributed by atoms with Crippen LogP contribution in [0.5, 0.6) is 0 Å². The van der Waals surface area contributed by atoms with Gasteiger partial charge in [-0.05, 0) is 29.5 Å². The molecule has 0 aliphatic carbocycles. The third-order valence-corrected chi connectivity index (χ3v) is 8.55. The predicted octanol–water partition coefficient (Wildman–Crippen LogP) is 7.08. The molecule has 0 spiro atoms. The second-order valence-corrected chi connectivity index (χ2v) is 13.1. The van der Waals surface area contributed by atoms with Gasteiger partial charge in [0.15, 0.2) is 0 Å². The molecular weight excluding hydrogens is 300 g/mol. The Bertz CT molecular complexity index is 420. The Morgan fingerprint density at radius 3 is 2.25 bits per heavy atom. The molecule has 0 aliphatic rings. The van der Waals surface area contributed by atoms with E-state index in [2.05, 4.69) is 56.9 Å². The quantitative estimate of drug-likeness (QED) is 0.279. The van der Waals surface area contributed by atoms with Crippen LogP contribution in [0.4, 0.5) is 0 Å². The molecule has 0 saturated carbocycles. The Balaban J connectivity index is 2.78. The van der Waals surface area contributed by atoms with Gasteiger partial charge in [0, 0.05) is 9.93 Å². The van der Waals surface area contributed by atoms with Gasteiger partial charge in [-0.1, -0.05) is 87.4 Å². The lowest BCUT2D eigenvalue weighted by molar-refractivity contribution is 0.671. The van der Waals surface area contributed by atoms with E-state index in [-0.39, 0.29) is 0 Å². The van der Waals surface area contributed by atoms with Crippen LogP contribution in [0.25, 0.3) is 0 Å². The first-order valence-corrected chi connectivity index (χ1v) is 12.3. The molecule has 0 heterocycles. The molecule has 0 unspecified atom stereocenters. The van der Waals surface area contributed by atoms with E-state index in [1.165, 1.54) is 35.1 Å². The maximum Gasteiger partial charge on any atom is 0.0877 e. The zero-order valence-corrected chi connectivity index (χ0v) is 15.8. The monoisotopic (exact) mass is 326 g/mol. The lowest BCUT2D eigenvalue weighted by atomic mass is 10.1. The predicted molar refractivity (Wildman–Crippen MR) is 97.3 cm³/mol. The highest BCUT2D eigenvalue weighted by Gasteiger charge is 2.23. The van der Waals surface area contributed by atoms with Crippen molar-refractivity contribution in [3.05, 3.63) is 39.9 Å². The minimum absolute atomic E-state index is 1.04. The molecule has 1 aromatic carbocycles. The number of thioether (sulfide) groups is 1. The van der Waals surface area contributed by atoms with Crippen molar-refractivity contribution < 1.29 is 0 Å². The summed E-state index contributed by atoms with van der Waals surface area (Å²) in [5.74, 6) is 0. The van der Waals surface area contributed by atoms with Gasteiger partial charge in [0.05, 0.1) is 8.07 Å². The van der Waals surface area contributed by atoms with Crippen LogP contribution in [0.2, 0.25) is 19.6 Å². The normalized spacial score (nSPS) is 13.2. The molecular formula is C17H27ClSSi. The van der Waals surface area contributed by atoms with E-state index in [1.54, 1.807) is 0 Å². The number of benzene rings is 1. The lowest BCUT2D eigenvalue weighted by Crippen LogP contribution is -2.23. The van der Waals surface area contributed by atoms with Crippen molar-refractivity contribution >= 4 is 31.4 Å². The molecule has 0 radical (unpaired) electrons. The Labute approximate surface area is 135 Å². The first-order chi connectivity index (χ1) is 9.45. The minimum atomic E-state index is -1.39. The summed E-state index contributed by atoms with van der Waals surface area (Å²) in [4.78, 5) is 1.30. The Morgan fingerprint density at radius 1 is 1.05 bits per heavy atom. The van der Waals surface area contributed by atoms with Gasteiger partial charge >= 0.3 is 0 Å². The third-order valence-electron chi connectivity index (χ3n) is 3.14. The van der Waals surface area contributed by atoms with Gasteiger partial charge in [0.1, 0.15) is 0 Å². The van der Waals surface area contributed by atoms with Crippen molar-refractivity contribution in [2.24, 2.45) is 0 Å². The van der Waals surface area contributed by atoms with Crippen LogP contribution in [0, 0.1) is 0 Å². The first kappa shape index (κ1) is 17.9. The molecule has 0 aliphatic heterocycles. The molecule has 0 amide bonds. The summed E-state index contributed by atoms with van der Waals surface area (Å²) in [5.41, 5.74) is 0. The highest BCUT2D eigenvalue weighted by Crippen LogP contribution is 2.38. The second-order valence-electron chi connectivity index (χ2n) is 6.21. The molecule has 0 aromatic heterocycles. The Kier molecular flexibility index (Phi) is 8.01. The van der Waals surface area contributed by atoms with Crippen LogP contribution in [0.1, 0.15) is 39.0 Å². The number of allylic oxidation sites excluding steroid dienone is 1. The van der Waals surface area contributed by atoms with E-state index in [1.807, 2.05) is 11.8 Å². The molecule has 1 rings (SSSR count). The smallest absolute Gasteiger partial charge is 0.0877 e. The highest BCUT2D eigenvalue weighted by atomic mass is 35.5. The molecule has 0 fully saturated rings. The zero-order valence-electron chi connectivity index (χ0n) is 13.2. The summed E-state index contributed by atoms with van der Waals surface area (Å²) in [5, 5.41) is 1.11. The van der Waals surface area contributed by atoms with E-state index in [0.29, 0.717) is 0 Å². The molecule has 1 aromatic rings. The average Bonchev–Trinajstić information content (AvgIpc) is 2.40. The van der Waals surface area contributed by atoms with Crippen LogP contribution >= 0.6 is 23.4 Å². The molecule has 112 valence electrons. The summed E-state index contributed by atoms with van der Waals surface area (Å²) >= 11 is 8.53. The molecule has 0 bridgehead atoms. The van der Waals surface area contributed by atoms with E-state index in [0.717, 1.165) is 11.5 Å². The van der Waals surface area contributed by atoms with Crippen molar-refractivity contribution in [3.63, 3.8) is 0 Å². The van der Waals surface area contributed by atoms with Crippen molar-refractivity contribution in [1.29, 1.82) is 0 Å². The zero-order chi connectivity index (χ0) is 15.0. The topological polar surface area (TPSA) is 0 Å². The summed E-state index contributed by atoms with van der Waals surface area (Å²) in [6.45, 7) is 9.39. The number of hydrogen-bond donors (Lipinski definition) is 0. The van der Waals surface area contributed by atoms with Gasteiger partial charge in [-0.15, -0.1) is 0 Å². The van der Waals surface area contributed by atoms with Crippen molar-refractivity contribution in [3.8, 4) is 0 Å². The Morgan fingerprint density at radius 2 is 1.70 bits per heavy atom. The van der Waals surface area contributed by atoms with Crippen LogP contribution in [0.3, 0.4) is 0 Å². The summed E-state index contributed by atoms with van der Waals surface area (Å²) in [7, 11) is -1.39. The molecule has 0 atom stereocenters. The fourth-order valence-electron chi connectivity index (χ4n) is 2.04. The van der Waals surface area contributed by atoms with Crippen molar-refractivity contribution in [2.45, 2.75) is 63.6 Å². The number of hydrogen-bond acceptors (Lipinski definition) is 1. The SMILES string of the molecule is CCCCCC/C(Cl)=C(/Sc1ccccc1)[Si](C)(C)C. The second kappa shape index (κ2) is 8.96. The van der Waals surface area contributed by atoms with Crippen LogP contribution in [-0.4, -0.2) is 8.07 Å². The molecule has 20 heavy (non-hydrogen) atoms. The minimum Gasteiger partial charge on any atom is -0.0980 e. The standard InChI is InChI=1S/C17H27ClSSi/c1-5-6-7-11-14-16(18)17(20(2,3)4)19-15-12-9-8-10-13-15/h8-10,12-13H,5-7,11,14H2,1-4H3/b17-16+. The van der Waals surface area contributed by atoms with E-state index >= 15 is 0 Å². The van der Waals surface area contributed by atoms with Gasteiger partial charge < -0.3 is 0 Å². The molecule has 0 nitrogen and oxygen atoms in total. The molecule has 0 saturated heterocycles. The van der Waals surface area contributed by atoms with Gasteiger partial charge in [-0.2, -0.15) is 0 Å². The maximum atomic E-state index is 6.65. The van der Waals surface area contributed by atoms with Gasteiger partial charge in [0.25, 0.3) is 0 Å². The van der Waals surface area contributed by atoms with E-state index < -0.39 is 8.07 Å². The largest absolute Gasteiger partial charge is 0.0980 e. The van der Waals surface area contributed by atoms with Crippen molar-refractivity contribution in [1.82, 2.24) is 0 Å². The summed E-state index contributed by atoms with van der Waals surface area (Å²) in [6, 6.07) is 10.6. The van der Waals surface area contributed by atoms with Crippen LogP contribution < -0.4 is 0 Å². The first-order valence-electron chi connectivity index (χ1n) is 7.57. The Hall–Kier alpha value is -0.183. The van der Waals surface area contributed by atoms with Gasteiger partial charge in [-0.25, -0.2) is 0 Å². The van der Waals surface area contributed by atoms with Crippen LogP contribution in [-0.2, 0) is 0 Å². The molecule has 3 heteroatoms. The van der Waals surface area contributed by atoms with Crippen molar-refractivity contribution in [2.75, 3.05) is 0 Å². The maximum absolute atomic E-state index is 6.65. The fourth-order valence-corrected chi connectivity index (χ4v) is 6.40. The highest BCUT2D eigenvalue weighted by molar-refractivity contribution is 8.05.